The summed E-state index contributed by atoms with van der Waals surface area (Å²) in [5, 5.41) is 4.19. The summed E-state index contributed by atoms with van der Waals surface area (Å²) in [6.45, 7) is 2.17. The van der Waals surface area contributed by atoms with Crippen molar-refractivity contribution in [1.29, 1.82) is 0 Å². The Morgan fingerprint density at radius 1 is 1.06 bits per heavy atom. The topological polar surface area (TPSA) is 60.5 Å². The van der Waals surface area contributed by atoms with Gasteiger partial charge in [-0.25, -0.2) is 4.98 Å². The van der Waals surface area contributed by atoms with Crippen LogP contribution in [-0.4, -0.2) is 31.2 Å². The average molecular weight is 431 g/mol. The molecule has 3 aromatic rings. The molecule has 1 amide bonds. The predicted octanol–water partition coefficient (Wildman–Crippen LogP) is 5.47. The van der Waals surface area contributed by atoms with Crippen molar-refractivity contribution in [3.8, 4) is 22.8 Å². The van der Waals surface area contributed by atoms with Crippen LogP contribution in [-0.2, 0) is 0 Å². The lowest BCUT2D eigenvalue weighted by molar-refractivity contribution is 0.0917. The van der Waals surface area contributed by atoms with E-state index in [1.165, 1.54) is 25.7 Å². The van der Waals surface area contributed by atoms with Gasteiger partial charge in [-0.2, -0.15) is 0 Å². The first-order valence-electron chi connectivity index (χ1n) is 11.5. The highest BCUT2D eigenvalue weighted by Crippen LogP contribution is 2.49. The van der Waals surface area contributed by atoms with E-state index in [9.17, 15) is 4.79 Å². The van der Waals surface area contributed by atoms with Gasteiger partial charge in [0.2, 0.25) is 0 Å². The SMILES string of the molecule is COc1ccc(-c2cc(C(=O)N[C@@H](C)[C@@H]3C[C@H]4CC[C@H]3C4)c3ccccc3n2)c(OC)c1. The van der Waals surface area contributed by atoms with Gasteiger partial charge in [0.15, 0.2) is 0 Å². The molecule has 5 heteroatoms. The first kappa shape index (κ1) is 20.8. The summed E-state index contributed by atoms with van der Waals surface area (Å²) in [5.41, 5.74) is 2.98. The second kappa shape index (κ2) is 8.45. The molecule has 2 bridgehead atoms. The zero-order valence-corrected chi connectivity index (χ0v) is 18.9. The van der Waals surface area contributed by atoms with Crippen LogP contribution in [0.3, 0.4) is 0 Å². The molecule has 166 valence electrons. The number of nitrogens with one attached hydrogen (secondary N) is 1. The number of pyridine rings is 1. The second-order valence-corrected chi connectivity index (χ2v) is 9.24. The Morgan fingerprint density at radius 3 is 2.62 bits per heavy atom. The maximum absolute atomic E-state index is 13.5. The Bertz CT molecular complexity index is 1160. The third-order valence-corrected chi connectivity index (χ3v) is 7.44. The Hall–Kier alpha value is -3.08. The number of carbonyl (C=O) groups excluding carboxylic acids is 1. The molecule has 1 heterocycles. The molecule has 1 N–H and O–H groups in total. The molecule has 5 rings (SSSR count). The molecule has 0 spiro atoms. The molecular formula is C27H30N2O3. The fourth-order valence-corrected chi connectivity index (χ4v) is 5.81. The van der Waals surface area contributed by atoms with Gasteiger partial charge in [0.1, 0.15) is 11.5 Å². The smallest absolute Gasteiger partial charge is 0.252 e. The van der Waals surface area contributed by atoms with Crippen LogP contribution in [0.25, 0.3) is 22.2 Å². The molecule has 4 atom stereocenters. The van der Waals surface area contributed by atoms with Gasteiger partial charge in [0, 0.05) is 23.1 Å². The van der Waals surface area contributed by atoms with Crippen LogP contribution < -0.4 is 14.8 Å². The van der Waals surface area contributed by atoms with Crippen molar-refractivity contribution in [2.45, 2.75) is 38.6 Å². The normalized spacial score (nSPS) is 22.7. The summed E-state index contributed by atoms with van der Waals surface area (Å²) in [6.07, 6.45) is 5.26. The van der Waals surface area contributed by atoms with E-state index in [0.29, 0.717) is 28.7 Å². The number of benzene rings is 2. The van der Waals surface area contributed by atoms with E-state index < -0.39 is 0 Å². The maximum Gasteiger partial charge on any atom is 0.252 e. The van der Waals surface area contributed by atoms with E-state index in [1.807, 2.05) is 48.5 Å². The molecule has 0 radical (unpaired) electrons. The van der Waals surface area contributed by atoms with Gasteiger partial charge < -0.3 is 14.8 Å². The van der Waals surface area contributed by atoms with Crippen molar-refractivity contribution < 1.29 is 14.3 Å². The number of fused-ring (bicyclic) bond motifs is 3. The highest BCUT2D eigenvalue weighted by Gasteiger charge is 2.42. The van der Waals surface area contributed by atoms with E-state index in [1.54, 1.807) is 14.2 Å². The number of carbonyl (C=O) groups is 1. The summed E-state index contributed by atoms with van der Waals surface area (Å²) in [4.78, 5) is 18.3. The average Bonchev–Trinajstić information content (AvgIpc) is 3.47. The van der Waals surface area contributed by atoms with E-state index in [0.717, 1.165) is 28.3 Å². The minimum Gasteiger partial charge on any atom is -0.497 e. The van der Waals surface area contributed by atoms with Crippen LogP contribution in [0, 0.1) is 17.8 Å². The molecular weight excluding hydrogens is 400 g/mol. The molecule has 32 heavy (non-hydrogen) atoms. The van der Waals surface area contributed by atoms with Crippen LogP contribution in [0.5, 0.6) is 11.5 Å². The predicted molar refractivity (Wildman–Crippen MR) is 126 cm³/mol. The van der Waals surface area contributed by atoms with Crippen LogP contribution >= 0.6 is 0 Å². The third kappa shape index (κ3) is 3.70. The molecule has 0 aliphatic heterocycles. The van der Waals surface area contributed by atoms with E-state index in [2.05, 4.69) is 12.2 Å². The van der Waals surface area contributed by atoms with E-state index in [-0.39, 0.29) is 11.9 Å². The quantitative estimate of drug-likeness (QED) is 0.563. The van der Waals surface area contributed by atoms with Crippen LogP contribution in [0.2, 0.25) is 0 Å². The number of hydrogen-bond donors (Lipinski definition) is 1. The summed E-state index contributed by atoms with van der Waals surface area (Å²) in [5.74, 6) is 3.56. The number of para-hydroxylation sites is 1. The largest absolute Gasteiger partial charge is 0.497 e. The van der Waals surface area contributed by atoms with Crippen molar-refractivity contribution in [3.63, 3.8) is 0 Å². The fourth-order valence-electron chi connectivity index (χ4n) is 5.81. The van der Waals surface area contributed by atoms with Gasteiger partial charge in [0.25, 0.3) is 5.91 Å². The van der Waals surface area contributed by atoms with Crippen molar-refractivity contribution in [2.24, 2.45) is 17.8 Å². The Labute approximate surface area is 189 Å². The zero-order chi connectivity index (χ0) is 22.2. The molecule has 1 aromatic heterocycles. The van der Waals surface area contributed by atoms with Gasteiger partial charge in [0.05, 0.1) is 31.0 Å². The highest BCUT2D eigenvalue weighted by atomic mass is 16.5. The fraction of sp³-hybridized carbons (Fsp3) is 0.407. The number of nitrogens with zero attached hydrogens (tertiary/aromatic N) is 1. The molecule has 2 aliphatic carbocycles. The standard InChI is InChI=1S/C27H30N2O3/c1-16(22-13-17-8-9-18(22)12-17)28-27(30)23-15-25(29-24-7-5-4-6-20(23)24)21-11-10-19(31-2)14-26(21)32-3/h4-7,10-11,14-18,22H,8-9,12-13H2,1-3H3,(H,28,30)/t16-,17-,18-,22-/m0/s1. The van der Waals surface area contributed by atoms with Crippen molar-refractivity contribution >= 4 is 16.8 Å². The van der Waals surface area contributed by atoms with Gasteiger partial charge in [-0.15, -0.1) is 0 Å². The summed E-state index contributed by atoms with van der Waals surface area (Å²) in [6, 6.07) is 15.5. The number of hydrogen-bond acceptors (Lipinski definition) is 4. The van der Waals surface area contributed by atoms with Crippen molar-refractivity contribution in [1.82, 2.24) is 10.3 Å². The second-order valence-electron chi connectivity index (χ2n) is 9.24. The molecule has 2 fully saturated rings. The third-order valence-electron chi connectivity index (χ3n) is 7.44. The molecule has 0 saturated heterocycles. The van der Waals surface area contributed by atoms with Gasteiger partial charge in [-0.1, -0.05) is 24.6 Å². The zero-order valence-electron chi connectivity index (χ0n) is 18.9. The van der Waals surface area contributed by atoms with Gasteiger partial charge in [-0.3, -0.25) is 4.79 Å². The monoisotopic (exact) mass is 430 g/mol. The van der Waals surface area contributed by atoms with Crippen LogP contribution in [0.15, 0.2) is 48.5 Å². The number of rotatable bonds is 6. The van der Waals surface area contributed by atoms with Crippen LogP contribution in [0.4, 0.5) is 0 Å². The maximum atomic E-state index is 13.5. The molecule has 2 saturated carbocycles. The molecule has 5 nitrogen and oxygen atoms in total. The van der Waals surface area contributed by atoms with E-state index in [4.69, 9.17) is 14.5 Å². The summed E-state index contributed by atoms with van der Waals surface area (Å²) < 4.78 is 10.9. The van der Waals surface area contributed by atoms with Crippen molar-refractivity contribution in [3.05, 3.63) is 54.1 Å². The van der Waals surface area contributed by atoms with Crippen LogP contribution in [0.1, 0.15) is 43.0 Å². The first-order chi connectivity index (χ1) is 15.6. The number of amides is 1. The summed E-state index contributed by atoms with van der Waals surface area (Å²) in [7, 11) is 3.26. The number of ether oxygens (including phenoxy) is 2. The lowest BCUT2D eigenvalue weighted by Crippen LogP contribution is -2.40. The van der Waals surface area contributed by atoms with Gasteiger partial charge in [-0.05, 0) is 68.2 Å². The Balaban J connectivity index is 1.51. The Morgan fingerprint density at radius 2 is 1.91 bits per heavy atom. The first-order valence-corrected chi connectivity index (χ1v) is 11.5. The summed E-state index contributed by atoms with van der Waals surface area (Å²) >= 11 is 0. The van der Waals surface area contributed by atoms with E-state index >= 15 is 0 Å². The highest BCUT2D eigenvalue weighted by molar-refractivity contribution is 6.07. The number of methoxy groups -OCH3 is 2. The lowest BCUT2D eigenvalue weighted by atomic mass is 9.84. The molecule has 2 aliphatic rings. The van der Waals surface area contributed by atoms with Gasteiger partial charge >= 0.3 is 0 Å². The Kier molecular flexibility index (Phi) is 5.50. The van der Waals surface area contributed by atoms with Crippen molar-refractivity contribution in [2.75, 3.05) is 14.2 Å². The number of aromatic nitrogens is 1. The lowest BCUT2D eigenvalue weighted by Gasteiger charge is -2.28. The molecule has 0 unspecified atom stereocenters. The molecule has 2 aromatic carbocycles. The minimum absolute atomic E-state index is 0.0346. The minimum atomic E-state index is -0.0346.